The molecule has 0 spiro atoms. The van der Waals surface area contributed by atoms with Gasteiger partial charge in [0.05, 0.1) is 5.69 Å². The van der Waals surface area contributed by atoms with Gasteiger partial charge in [0.1, 0.15) is 5.25 Å². The molecule has 0 bridgehead atoms. The first-order chi connectivity index (χ1) is 17.2. The van der Waals surface area contributed by atoms with E-state index in [-0.39, 0.29) is 24.3 Å². The summed E-state index contributed by atoms with van der Waals surface area (Å²) in [5.74, 6) is 0.263. The highest BCUT2D eigenvalue weighted by Gasteiger charge is 2.41. The predicted molar refractivity (Wildman–Crippen MR) is 152 cm³/mol. The molecule has 1 heterocycles. The van der Waals surface area contributed by atoms with Gasteiger partial charge >= 0.3 is 0 Å². The number of carbonyl (C=O) groups excluding carboxylic acids is 2. The number of carbonyl (C=O) groups is 2. The summed E-state index contributed by atoms with van der Waals surface area (Å²) in [7, 11) is 0. The van der Waals surface area contributed by atoms with Gasteiger partial charge in [0, 0.05) is 28.6 Å². The highest BCUT2D eigenvalue weighted by atomic mass is 35.5. The summed E-state index contributed by atoms with van der Waals surface area (Å²) in [5, 5.41) is 5.78. The Kier molecular flexibility index (Phi) is 8.37. The molecule has 0 unspecified atom stereocenters. The summed E-state index contributed by atoms with van der Waals surface area (Å²) in [6, 6.07) is 19.5. The number of anilines is 1. The van der Waals surface area contributed by atoms with Crippen molar-refractivity contribution in [2.75, 3.05) is 5.32 Å². The highest BCUT2D eigenvalue weighted by molar-refractivity contribution is 8.15. The number of aliphatic imine (C=N–C) groups is 1. The van der Waals surface area contributed by atoms with Crippen molar-refractivity contribution in [2.45, 2.75) is 58.2 Å². The van der Waals surface area contributed by atoms with Gasteiger partial charge in [-0.05, 0) is 61.8 Å². The summed E-state index contributed by atoms with van der Waals surface area (Å²) >= 11 is 7.58. The van der Waals surface area contributed by atoms with Crippen LogP contribution in [0.15, 0.2) is 65.7 Å². The Morgan fingerprint density at radius 2 is 1.78 bits per heavy atom. The molecule has 0 aromatic heterocycles. The van der Waals surface area contributed by atoms with E-state index in [9.17, 15) is 9.59 Å². The van der Waals surface area contributed by atoms with Crippen molar-refractivity contribution in [3.8, 4) is 0 Å². The van der Waals surface area contributed by atoms with Gasteiger partial charge in [0.15, 0.2) is 5.17 Å². The molecule has 1 N–H and O–H groups in total. The fourth-order valence-electron chi connectivity index (χ4n) is 4.32. The smallest absolute Gasteiger partial charge is 0.242 e. The lowest BCUT2D eigenvalue weighted by Gasteiger charge is -2.25. The molecule has 188 valence electrons. The Balaban J connectivity index is 1.60. The Bertz CT molecular complexity index is 1300. The number of nitrogens with one attached hydrogen (secondary N) is 1. The van der Waals surface area contributed by atoms with Crippen LogP contribution in [0.2, 0.25) is 5.02 Å². The first kappa shape index (κ1) is 26.2. The van der Waals surface area contributed by atoms with Gasteiger partial charge in [0.25, 0.3) is 0 Å². The maximum Gasteiger partial charge on any atom is 0.242 e. The van der Waals surface area contributed by atoms with Gasteiger partial charge in [-0.2, -0.15) is 0 Å². The van der Waals surface area contributed by atoms with Gasteiger partial charge in [-0.3, -0.25) is 14.5 Å². The van der Waals surface area contributed by atoms with Crippen molar-refractivity contribution in [3.05, 3.63) is 71.2 Å². The molecule has 1 aliphatic rings. The van der Waals surface area contributed by atoms with Crippen LogP contribution in [0, 0.1) is 12.8 Å². The largest absolute Gasteiger partial charge is 0.326 e. The lowest BCUT2D eigenvalue weighted by Crippen LogP contribution is -2.40. The van der Waals surface area contributed by atoms with E-state index in [1.165, 1.54) is 11.8 Å². The molecule has 3 aromatic carbocycles. The molecule has 4 rings (SSSR count). The number of amides is 2. The first-order valence-electron chi connectivity index (χ1n) is 12.4. The molecule has 7 heteroatoms. The van der Waals surface area contributed by atoms with Crippen LogP contribution in [0.5, 0.6) is 0 Å². The number of nitrogens with zero attached hydrogens (tertiary/aromatic N) is 2. The van der Waals surface area contributed by atoms with Crippen LogP contribution < -0.4 is 5.32 Å². The van der Waals surface area contributed by atoms with E-state index >= 15 is 0 Å². The van der Waals surface area contributed by atoms with Gasteiger partial charge in [-0.25, -0.2) is 4.99 Å². The molecular weight excluding hydrogens is 490 g/mol. The minimum Gasteiger partial charge on any atom is -0.326 e. The zero-order chi connectivity index (χ0) is 25.8. The standard InChI is InChI=1S/C29H32ClN3O2S/c1-18(2)15-16-19(3)33-28(35)26(17-27(34)31-24-13-8-12-23(30)20(24)4)36-29(33)32-25-14-7-10-21-9-5-6-11-22(21)25/h5-14,18-19,26H,15-17H2,1-4H3,(H,31,34)/t19-,26+/m1/s1. The van der Waals surface area contributed by atoms with E-state index in [4.69, 9.17) is 16.6 Å². The third-order valence-electron chi connectivity index (χ3n) is 6.46. The highest BCUT2D eigenvalue weighted by Crippen LogP contribution is 2.36. The van der Waals surface area contributed by atoms with Crippen LogP contribution in [-0.4, -0.2) is 33.2 Å². The van der Waals surface area contributed by atoms with Gasteiger partial charge in [-0.15, -0.1) is 0 Å². The Morgan fingerprint density at radius 1 is 1.06 bits per heavy atom. The molecule has 1 fully saturated rings. The van der Waals surface area contributed by atoms with E-state index in [0.717, 1.165) is 34.9 Å². The number of hydrogen-bond donors (Lipinski definition) is 1. The number of hydrogen-bond acceptors (Lipinski definition) is 4. The van der Waals surface area contributed by atoms with E-state index in [2.05, 4.69) is 38.2 Å². The first-order valence-corrected chi connectivity index (χ1v) is 13.6. The lowest BCUT2D eigenvalue weighted by molar-refractivity contribution is -0.129. The maximum atomic E-state index is 13.6. The summed E-state index contributed by atoms with van der Waals surface area (Å²) in [6.07, 6.45) is 1.95. The quantitative estimate of drug-likeness (QED) is 0.332. The third kappa shape index (κ3) is 5.93. The zero-order valence-corrected chi connectivity index (χ0v) is 22.7. The summed E-state index contributed by atoms with van der Waals surface area (Å²) in [5.41, 5.74) is 2.29. The van der Waals surface area contributed by atoms with E-state index in [1.807, 2.05) is 43.3 Å². The van der Waals surface area contributed by atoms with E-state index in [1.54, 1.807) is 17.0 Å². The van der Waals surface area contributed by atoms with Crippen LogP contribution >= 0.6 is 23.4 Å². The SMILES string of the molecule is Cc1c(Cl)cccc1NC(=O)C[C@@H]1SC(=Nc2cccc3ccccc23)N([C@H](C)CCC(C)C)C1=O. The van der Waals surface area contributed by atoms with Crippen molar-refractivity contribution in [3.63, 3.8) is 0 Å². The van der Waals surface area contributed by atoms with Crippen molar-refractivity contribution >= 4 is 62.5 Å². The Labute approximate surface area is 222 Å². The number of amidine groups is 1. The van der Waals surface area contributed by atoms with Crippen LogP contribution in [0.1, 0.15) is 45.6 Å². The van der Waals surface area contributed by atoms with E-state index < -0.39 is 5.25 Å². The minimum atomic E-state index is -0.528. The van der Waals surface area contributed by atoms with Crippen LogP contribution in [0.4, 0.5) is 11.4 Å². The molecule has 5 nitrogen and oxygen atoms in total. The Morgan fingerprint density at radius 3 is 2.56 bits per heavy atom. The molecule has 3 aromatic rings. The minimum absolute atomic E-state index is 0.00985. The fraction of sp³-hybridized carbons (Fsp3) is 0.345. The second-order valence-electron chi connectivity index (χ2n) is 9.69. The topological polar surface area (TPSA) is 61.8 Å². The molecule has 0 saturated carbocycles. The van der Waals surface area contributed by atoms with Crippen molar-refractivity contribution in [1.29, 1.82) is 0 Å². The van der Waals surface area contributed by atoms with Crippen molar-refractivity contribution in [2.24, 2.45) is 10.9 Å². The molecule has 1 saturated heterocycles. The van der Waals surface area contributed by atoms with Gasteiger partial charge < -0.3 is 5.32 Å². The number of halogens is 1. The number of benzene rings is 3. The van der Waals surface area contributed by atoms with Crippen molar-refractivity contribution in [1.82, 2.24) is 4.90 Å². The Hall–Kier alpha value is -2.83. The summed E-state index contributed by atoms with van der Waals surface area (Å²) in [4.78, 5) is 33.3. The maximum absolute atomic E-state index is 13.6. The van der Waals surface area contributed by atoms with Crippen LogP contribution in [0.25, 0.3) is 10.8 Å². The average Bonchev–Trinajstić information content (AvgIpc) is 3.15. The number of thioether (sulfide) groups is 1. The number of fused-ring (bicyclic) bond motifs is 1. The average molecular weight is 522 g/mol. The monoisotopic (exact) mass is 521 g/mol. The third-order valence-corrected chi connectivity index (χ3v) is 8.03. The van der Waals surface area contributed by atoms with Crippen LogP contribution in [-0.2, 0) is 9.59 Å². The zero-order valence-electron chi connectivity index (χ0n) is 21.1. The molecule has 36 heavy (non-hydrogen) atoms. The van der Waals surface area contributed by atoms with E-state index in [0.29, 0.717) is 21.8 Å². The second kappa shape index (κ2) is 11.5. The molecular formula is C29H32ClN3O2S. The number of rotatable bonds is 8. The molecule has 2 amide bonds. The summed E-state index contributed by atoms with van der Waals surface area (Å²) < 4.78 is 0. The molecule has 1 aliphatic heterocycles. The van der Waals surface area contributed by atoms with Crippen molar-refractivity contribution < 1.29 is 9.59 Å². The normalized spacial score (nSPS) is 17.8. The lowest BCUT2D eigenvalue weighted by atomic mass is 10.0. The fourth-order valence-corrected chi connectivity index (χ4v) is 5.74. The molecule has 0 aliphatic carbocycles. The van der Waals surface area contributed by atoms with Gasteiger partial charge in [-0.1, -0.05) is 79.7 Å². The van der Waals surface area contributed by atoms with Crippen LogP contribution in [0.3, 0.4) is 0 Å². The summed E-state index contributed by atoms with van der Waals surface area (Å²) in [6.45, 7) is 8.30. The second-order valence-corrected chi connectivity index (χ2v) is 11.3. The molecule has 2 atom stereocenters. The molecule has 0 radical (unpaired) electrons. The predicted octanol–water partition coefficient (Wildman–Crippen LogP) is 7.59. The van der Waals surface area contributed by atoms with Gasteiger partial charge in [0.2, 0.25) is 11.8 Å².